The minimum Gasteiger partial charge on any atom is -0.493 e. The lowest BCUT2D eigenvalue weighted by Gasteiger charge is -2.18. The van der Waals surface area contributed by atoms with Crippen LogP contribution in [0.15, 0.2) is 30.4 Å². The van der Waals surface area contributed by atoms with Gasteiger partial charge in [-0.3, -0.25) is 19.8 Å². The molecule has 1 aromatic carbocycles. The van der Waals surface area contributed by atoms with Crippen LogP contribution in [0, 0.1) is 23.7 Å². The van der Waals surface area contributed by atoms with Crippen molar-refractivity contribution in [3.8, 4) is 11.5 Å². The third-order valence-electron chi connectivity index (χ3n) is 5.33. The Morgan fingerprint density at radius 2 is 1.64 bits per heavy atom. The van der Waals surface area contributed by atoms with Crippen LogP contribution in [-0.2, 0) is 9.59 Å². The first-order valence-electron chi connectivity index (χ1n) is 8.14. The summed E-state index contributed by atoms with van der Waals surface area (Å²) in [6.45, 7) is 0. The SMILES string of the molecule is COc1ccc(C(=O)NN2C(=O)C3C4C=CC(C4)C3C2=O)cc1OC. The summed E-state index contributed by atoms with van der Waals surface area (Å²) < 4.78 is 10.3. The average molecular weight is 342 g/mol. The predicted molar refractivity (Wildman–Crippen MR) is 86.6 cm³/mol. The molecule has 4 rings (SSSR count). The number of nitrogens with one attached hydrogen (secondary N) is 1. The normalized spacial score (nSPS) is 29.1. The Hall–Kier alpha value is -2.83. The monoisotopic (exact) mass is 342 g/mol. The van der Waals surface area contributed by atoms with Crippen LogP contribution in [0.3, 0.4) is 0 Å². The number of ether oxygens (including phenoxy) is 2. The van der Waals surface area contributed by atoms with Crippen LogP contribution in [0.1, 0.15) is 16.8 Å². The Labute approximate surface area is 144 Å². The number of hydrogen-bond donors (Lipinski definition) is 1. The van der Waals surface area contributed by atoms with Gasteiger partial charge in [-0.2, -0.15) is 5.01 Å². The maximum atomic E-state index is 12.6. The number of benzene rings is 1. The van der Waals surface area contributed by atoms with Crippen LogP contribution in [0.5, 0.6) is 11.5 Å². The van der Waals surface area contributed by atoms with Crippen LogP contribution in [-0.4, -0.2) is 37.0 Å². The fraction of sp³-hybridized carbons (Fsp3) is 0.389. The lowest BCUT2D eigenvalue weighted by Crippen LogP contribution is -2.47. The van der Waals surface area contributed by atoms with E-state index >= 15 is 0 Å². The third kappa shape index (κ3) is 2.22. The number of rotatable bonds is 4. The largest absolute Gasteiger partial charge is 0.493 e. The summed E-state index contributed by atoms with van der Waals surface area (Å²) in [4.78, 5) is 37.7. The van der Waals surface area contributed by atoms with Gasteiger partial charge in [0.25, 0.3) is 17.7 Å². The second-order valence-corrected chi connectivity index (χ2v) is 6.52. The summed E-state index contributed by atoms with van der Waals surface area (Å²) in [5, 5.41) is 0.889. The lowest BCUT2D eigenvalue weighted by atomic mass is 9.85. The fourth-order valence-electron chi connectivity index (χ4n) is 4.16. The molecule has 1 aliphatic heterocycles. The van der Waals surface area contributed by atoms with E-state index in [-0.39, 0.29) is 41.0 Å². The van der Waals surface area contributed by atoms with E-state index in [1.807, 2.05) is 12.2 Å². The molecule has 1 N–H and O–H groups in total. The van der Waals surface area contributed by atoms with Crippen molar-refractivity contribution >= 4 is 17.7 Å². The summed E-state index contributed by atoms with van der Waals surface area (Å²) in [5.41, 5.74) is 2.73. The number of nitrogens with zero attached hydrogens (tertiary/aromatic N) is 1. The van der Waals surface area contributed by atoms with Gasteiger partial charge >= 0.3 is 0 Å². The highest BCUT2D eigenvalue weighted by atomic mass is 16.5. The number of allylic oxidation sites excluding steroid dienone is 2. The van der Waals surface area contributed by atoms with Gasteiger partial charge < -0.3 is 9.47 Å². The zero-order chi connectivity index (χ0) is 17.7. The predicted octanol–water partition coefficient (Wildman–Crippen LogP) is 1.16. The summed E-state index contributed by atoms with van der Waals surface area (Å²) in [6.07, 6.45) is 4.87. The zero-order valence-corrected chi connectivity index (χ0v) is 13.9. The van der Waals surface area contributed by atoms with Crippen molar-refractivity contribution in [1.82, 2.24) is 10.4 Å². The second-order valence-electron chi connectivity index (χ2n) is 6.52. The van der Waals surface area contributed by atoms with E-state index in [0.717, 1.165) is 11.4 Å². The molecule has 1 saturated heterocycles. The van der Waals surface area contributed by atoms with Crippen molar-refractivity contribution < 1.29 is 23.9 Å². The summed E-state index contributed by atoms with van der Waals surface area (Å²) >= 11 is 0. The van der Waals surface area contributed by atoms with E-state index < -0.39 is 5.91 Å². The molecule has 1 aromatic rings. The number of fused-ring (bicyclic) bond motifs is 5. The van der Waals surface area contributed by atoms with Crippen LogP contribution in [0.25, 0.3) is 0 Å². The Morgan fingerprint density at radius 1 is 1.04 bits per heavy atom. The molecule has 4 atom stereocenters. The van der Waals surface area contributed by atoms with Gasteiger partial charge in [0.1, 0.15) is 0 Å². The fourth-order valence-corrected chi connectivity index (χ4v) is 4.16. The van der Waals surface area contributed by atoms with Gasteiger partial charge in [-0.25, -0.2) is 0 Å². The van der Waals surface area contributed by atoms with E-state index in [1.165, 1.54) is 20.3 Å². The zero-order valence-electron chi connectivity index (χ0n) is 13.9. The topological polar surface area (TPSA) is 84.9 Å². The lowest BCUT2D eigenvalue weighted by molar-refractivity contribution is -0.143. The van der Waals surface area contributed by atoms with Crippen molar-refractivity contribution in [3.05, 3.63) is 35.9 Å². The van der Waals surface area contributed by atoms with Gasteiger partial charge in [0.2, 0.25) is 0 Å². The Kier molecular flexibility index (Phi) is 3.52. The molecule has 1 heterocycles. The minimum absolute atomic E-state index is 0.106. The molecular formula is C18H18N2O5. The molecule has 2 bridgehead atoms. The molecule has 3 amide bonds. The molecule has 0 aromatic heterocycles. The maximum Gasteiger partial charge on any atom is 0.270 e. The van der Waals surface area contributed by atoms with Crippen molar-refractivity contribution in [3.63, 3.8) is 0 Å². The van der Waals surface area contributed by atoms with Crippen molar-refractivity contribution in [1.29, 1.82) is 0 Å². The van der Waals surface area contributed by atoms with Crippen molar-refractivity contribution in [2.24, 2.45) is 23.7 Å². The minimum atomic E-state index is -0.539. The number of carbonyl (C=O) groups is 3. The molecule has 2 fully saturated rings. The van der Waals surface area contributed by atoms with Gasteiger partial charge in [-0.15, -0.1) is 0 Å². The van der Waals surface area contributed by atoms with Gasteiger partial charge in [0, 0.05) is 5.56 Å². The van der Waals surface area contributed by atoms with E-state index in [4.69, 9.17) is 9.47 Å². The van der Waals surface area contributed by atoms with Crippen LogP contribution in [0.4, 0.5) is 0 Å². The van der Waals surface area contributed by atoms with Gasteiger partial charge in [0.05, 0.1) is 26.1 Å². The first-order valence-corrected chi connectivity index (χ1v) is 8.14. The molecule has 25 heavy (non-hydrogen) atoms. The second kappa shape index (κ2) is 5.61. The van der Waals surface area contributed by atoms with Gasteiger partial charge in [-0.05, 0) is 36.5 Å². The first-order chi connectivity index (χ1) is 12.0. The molecule has 3 aliphatic rings. The maximum absolute atomic E-state index is 12.6. The van der Waals surface area contributed by atoms with Crippen LogP contribution in [0.2, 0.25) is 0 Å². The van der Waals surface area contributed by atoms with Crippen molar-refractivity contribution in [2.45, 2.75) is 6.42 Å². The molecule has 0 spiro atoms. The van der Waals surface area contributed by atoms with Crippen molar-refractivity contribution in [2.75, 3.05) is 14.2 Å². The van der Waals surface area contributed by atoms with Crippen LogP contribution < -0.4 is 14.9 Å². The third-order valence-corrected chi connectivity index (χ3v) is 5.33. The van der Waals surface area contributed by atoms with Gasteiger partial charge in [0.15, 0.2) is 11.5 Å². The number of amides is 3. The molecule has 130 valence electrons. The van der Waals surface area contributed by atoms with Crippen LogP contribution >= 0.6 is 0 Å². The highest BCUT2D eigenvalue weighted by molar-refractivity contribution is 6.08. The molecule has 0 radical (unpaired) electrons. The summed E-state index contributed by atoms with van der Waals surface area (Å²) in [7, 11) is 2.97. The molecular weight excluding hydrogens is 324 g/mol. The first kappa shape index (κ1) is 15.7. The quantitative estimate of drug-likeness (QED) is 0.655. The average Bonchev–Trinajstić information content (AvgIpc) is 3.31. The molecule has 7 heteroatoms. The molecule has 1 saturated carbocycles. The highest BCUT2D eigenvalue weighted by Gasteiger charge is 2.59. The number of methoxy groups -OCH3 is 2. The molecule has 7 nitrogen and oxygen atoms in total. The summed E-state index contributed by atoms with van der Waals surface area (Å²) in [6, 6.07) is 4.65. The number of hydrogen-bond acceptors (Lipinski definition) is 5. The van der Waals surface area contributed by atoms with E-state index in [2.05, 4.69) is 5.43 Å². The smallest absolute Gasteiger partial charge is 0.270 e. The highest BCUT2D eigenvalue weighted by Crippen LogP contribution is 2.52. The van der Waals surface area contributed by atoms with E-state index in [1.54, 1.807) is 12.1 Å². The summed E-state index contributed by atoms with van der Waals surface area (Å²) in [5.74, 6) is -0.757. The van der Waals surface area contributed by atoms with Gasteiger partial charge in [-0.1, -0.05) is 12.2 Å². The molecule has 2 aliphatic carbocycles. The Morgan fingerprint density at radius 3 is 2.20 bits per heavy atom. The Balaban J connectivity index is 1.54. The van der Waals surface area contributed by atoms with E-state index in [0.29, 0.717) is 11.5 Å². The van der Waals surface area contributed by atoms with E-state index in [9.17, 15) is 14.4 Å². The number of carbonyl (C=O) groups excluding carboxylic acids is 3. The standard InChI is InChI=1S/C18H18N2O5/c1-24-12-6-5-11(8-13(12)25-2)16(21)19-20-17(22)14-9-3-4-10(7-9)15(14)18(20)23/h3-6,8-10,14-15H,7H2,1-2H3,(H,19,21). The number of imide groups is 1. The number of hydrazine groups is 1. The molecule has 4 unspecified atom stereocenters. The Bertz CT molecular complexity index is 773.